The van der Waals surface area contributed by atoms with E-state index in [2.05, 4.69) is 15.9 Å². The summed E-state index contributed by atoms with van der Waals surface area (Å²) in [5, 5.41) is -0.422. The molecular weight excluding hydrogens is 372 g/mol. The van der Waals surface area contributed by atoms with Crippen molar-refractivity contribution in [2.45, 2.75) is 41.6 Å². The molecule has 122 valence electrons. The van der Waals surface area contributed by atoms with Crippen LogP contribution in [-0.2, 0) is 19.3 Å². The molecule has 1 aliphatic carbocycles. The topological polar surface area (TPSA) is 61.8 Å². The van der Waals surface area contributed by atoms with E-state index < -0.39 is 20.9 Å². The Bertz CT molecular complexity index is 642. The van der Waals surface area contributed by atoms with E-state index in [1.165, 1.54) is 7.11 Å². The molecule has 1 aliphatic heterocycles. The fraction of sp³-hybridized carbons (Fsp3) is 0.600. The standard InChI is InChI=1S/C15H19BrO5S/c1-19-13-3-2-11(16)10-14(13)22(17,18)12-4-6-15(7-5-12)20-8-9-21-15/h2-3,10,12H,4-9H2,1H3. The molecule has 1 aromatic rings. The van der Waals surface area contributed by atoms with Crippen molar-refractivity contribution in [3.8, 4) is 5.75 Å². The van der Waals surface area contributed by atoms with Crippen molar-refractivity contribution in [1.29, 1.82) is 0 Å². The van der Waals surface area contributed by atoms with E-state index in [-0.39, 0.29) is 4.90 Å². The molecular formula is C15H19BrO5S. The van der Waals surface area contributed by atoms with Crippen molar-refractivity contribution in [1.82, 2.24) is 0 Å². The Balaban J connectivity index is 1.84. The van der Waals surface area contributed by atoms with Crippen LogP contribution in [-0.4, -0.2) is 39.8 Å². The third-order valence-electron chi connectivity index (χ3n) is 4.38. The minimum absolute atomic E-state index is 0.249. The fourth-order valence-electron chi connectivity index (χ4n) is 3.18. The minimum Gasteiger partial charge on any atom is -0.495 e. The average molecular weight is 391 g/mol. The molecule has 0 N–H and O–H groups in total. The quantitative estimate of drug-likeness (QED) is 0.793. The highest BCUT2D eigenvalue weighted by Crippen LogP contribution is 2.41. The smallest absolute Gasteiger partial charge is 0.184 e. The summed E-state index contributed by atoms with van der Waals surface area (Å²) >= 11 is 3.33. The van der Waals surface area contributed by atoms with Crippen molar-refractivity contribution in [3.05, 3.63) is 22.7 Å². The van der Waals surface area contributed by atoms with Gasteiger partial charge >= 0.3 is 0 Å². The molecule has 5 nitrogen and oxygen atoms in total. The molecule has 0 atom stereocenters. The molecule has 0 bridgehead atoms. The Hall–Kier alpha value is -0.630. The van der Waals surface area contributed by atoms with E-state index in [1.54, 1.807) is 18.2 Å². The highest BCUT2D eigenvalue weighted by Gasteiger charge is 2.44. The van der Waals surface area contributed by atoms with E-state index in [1.807, 2.05) is 0 Å². The number of benzene rings is 1. The van der Waals surface area contributed by atoms with Gasteiger partial charge in [-0.05, 0) is 31.0 Å². The van der Waals surface area contributed by atoms with Gasteiger partial charge in [-0.2, -0.15) is 0 Å². The summed E-state index contributed by atoms with van der Waals surface area (Å²) in [4.78, 5) is 0.249. The Morgan fingerprint density at radius 2 is 1.86 bits per heavy atom. The third-order valence-corrected chi connectivity index (χ3v) is 7.15. The van der Waals surface area contributed by atoms with Gasteiger partial charge in [-0.25, -0.2) is 8.42 Å². The third kappa shape index (κ3) is 2.91. The van der Waals surface area contributed by atoms with Gasteiger partial charge in [0.1, 0.15) is 10.6 Å². The summed E-state index contributed by atoms with van der Waals surface area (Å²) in [5.74, 6) is -0.162. The predicted octanol–water partition coefficient (Wildman–Crippen LogP) is 2.92. The molecule has 1 aromatic carbocycles. The first kappa shape index (κ1) is 16.2. The van der Waals surface area contributed by atoms with Crippen LogP contribution in [0.5, 0.6) is 5.75 Å². The summed E-state index contributed by atoms with van der Waals surface area (Å²) in [6.07, 6.45) is 2.32. The van der Waals surface area contributed by atoms with Gasteiger partial charge in [-0.1, -0.05) is 15.9 Å². The Labute approximate surface area is 139 Å². The number of rotatable bonds is 3. The highest BCUT2D eigenvalue weighted by molar-refractivity contribution is 9.10. The van der Waals surface area contributed by atoms with Crippen LogP contribution >= 0.6 is 15.9 Å². The first-order valence-corrected chi connectivity index (χ1v) is 9.66. The van der Waals surface area contributed by atoms with Gasteiger partial charge in [-0.3, -0.25) is 0 Å². The van der Waals surface area contributed by atoms with Crippen molar-refractivity contribution >= 4 is 25.8 Å². The largest absolute Gasteiger partial charge is 0.495 e. The molecule has 1 saturated carbocycles. The molecule has 2 fully saturated rings. The minimum atomic E-state index is -3.44. The molecule has 0 amide bonds. The van der Waals surface area contributed by atoms with Crippen LogP contribution in [0, 0.1) is 0 Å². The van der Waals surface area contributed by atoms with Crippen molar-refractivity contribution in [2.75, 3.05) is 20.3 Å². The number of ether oxygens (including phenoxy) is 3. The number of halogens is 1. The van der Waals surface area contributed by atoms with Crippen molar-refractivity contribution in [2.24, 2.45) is 0 Å². The second-order valence-corrected chi connectivity index (χ2v) is 8.76. The van der Waals surface area contributed by atoms with Gasteiger partial charge < -0.3 is 14.2 Å². The molecule has 0 radical (unpaired) electrons. The van der Waals surface area contributed by atoms with Crippen molar-refractivity contribution in [3.63, 3.8) is 0 Å². The molecule has 1 heterocycles. The van der Waals surface area contributed by atoms with Crippen molar-refractivity contribution < 1.29 is 22.6 Å². The van der Waals surface area contributed by atoms with Gasteiger partial charge in [-0.15, -0.1) is 0 Å². The second-order valence-electron chi connectivity index (χ2n) is 5.65. The molecule has 22 heavy (non-hydrogen) atoms. The summed E-state index contributed by atoms with van der Waals surface area (Å²) < 4.78 is 43.2. The molecule has 7 heteroatoms. The molecule has 2 aliphatic rings. The van der Waals surface area contributed by atoms with Crippen LogP contribution in [0.1, 0.15) is 25.7 Å². The second kappa shape index (κ2) is 6.11. The predicted molar refractivity (Wildman–Crippen MR) is 84.8 cm³/mol. The van der Waals surface area contributed by atoms with Gasteiger partial charge in [0.15, 0.2) is 15.6 Å². The van der Waals surface area contributed by atoms with E-state index in [0.717, 1.165) is 4.47 Å². The van der Waals surface area contributed by atoms with Crippen LogP contribution in [0.25, 0.3) is 0 Å². The maximum absolute atomic E-state index is 12.9. The van der Waals surface area contributed by atoms with E-state index in [9.17, 15) is 8.42 Å². The first-order valence-electron chi connectivity index (χ1n) is 7.32. The lowest BCUT2D eigenvalue weighted by atomic mass is 9.94. The number of hydrogen-bond donors (Lipinski definition) is 0. The SMILES string of the molecule is COc1ccc(Br)cc1S(=O)(=O)C1CCC2(CC1)OCCO2. The summed E-state index contributed by atoms with van der Waals surface area (Å²) in [7, 11) is -1.96. The van der Waals surface area contributed by atoms with Crippen LogP contribution in [0.2, 0.25) is 0 Å². The van der Waals surface area contributed by atoms with E-state index in [4.69, 9.17) is 14.2 Å². The van der Waals surface area contributed by atoms with Crippen LogP contribution in [0.15, 0.2) is 27.6 Å². The molecule has 1 saturated heterocycles. The zero-order valence-corrected chi connectivity index (χ0v) is 14.8. The molecule has 0 aromatic heterocycles. The van der Waals surface area contributed by atoms with E-state index >= 15 is 0 Å². The first-order chi connectivity index (χ1) is 10.5. The number of hydrogen-bond acceptors (Lipinski definition) is 5. The van der Waals surface area contributed by atoms with Crippen LogP contribution in [0.3, 0.4) is 0 Å². The van der Waals surface area contributed by atoms with Gasteiger partial charge in [0.05, 0.1) is 25.6 Å². The van der Waals surface area contributed by atoms with Crippen LogP contribution < -0.4 is 4.74 Å². The highest BCUT2D eigenvalue weighted by atomic mass is 79.9. The average Bonchev–Trinajstić information content (AvgIpc) is 2.96. The maximum atomic E-state index is 12.9. The molecule has 3 rings (SSSR count). The summed E-state index contributed by atoms with van der Waals surface area (Å²) in [6.45, 7) is 1.19. The number of methoxy groups -OCH3 is 1. The Morgan fingerprint density at radius 1 is 1.23 bits per heavy atom. The summed E-state index contributed by atoms with van der Waals surface area (Å²) in [6, 6.07) is 5.06. The molecule has 0 unspecified atom stereocenters. The van der Waals surface area contributed by atoms with Gasteiger partial charge in [0, 0.05) is 17.3 Å². The monoisotopic (exact) mass is 390 g/mol. The fourth-order valence-corrected chi connectivity index (χ4v) is 5.63. The van der Waals surface area contributed by atoms with Crippen LogP contribution in [0.4, 0.5) is 0 Å². The van der Waals surface area contributed by atoms with Gasteiger partial charge in [0.25, 0.3) is 0 Å². The Kier molecular flexibility index (Phi) is 4.51. The Morgan fingerprint density at radius 3 is 2.45 bits per heavy atom. The number of sulfone groups is 1. The van der Waals surface area contributed by atoms with E-state index in [0.29, 0.717) is 44.6 Å². The lowest BCUT2D eigenvalue weighted by Gasteiger charge is -2.35. The lowest BCUT2D eigenvalue weighted by molar-refractivity contribution is -0.176. The zero-order valence-electron chi connectivity index (χ0n) is 12.4. The zero-order chi connectivity index (χ0) is 15.8. The summed E-state index contributed by atoms with van der Waals surface area (Å²) in [5.41, 5.74) is 0. The van der Waals surface area contributed by atoms with Gasteiger partial charge in [0.2, 0.25) is 0 Å². The molecule has 1 spiro atoms. The lowest BCUT2D eigenvalue weighted by Crippen LogP contribution is -2.39. The normalized spacial score (nSPS) is 22.1. The maximum Gasteiger partial charge on any atom is 0.184 e.